The minimum Gasteiger partial charge on any atom is -0.285 e. The minimum atomic E-state index is 0.613. The number of hydrogen-bond donors (Lipinski definition) is 0. The Labute approximate surface area is 67.2 Å². The van der Waals surface area contributed by atoms with E-state index in [-0.39, 0.29) is 0 Å². The zero-order valence-corrected chi connectivity index (χ0v) is 6.75. The van der Waals surface area contributed by atoms with Crippen LogP contribution in [0.25, 0.3) is 0 Å². The molecule has 1 aromatic carbocycles. The number of rotatable bonds is 1. The van der Waals surface area contributed by atoms with Crippen LogP contribution in [0.2, 0.25) is 0 Å². The highest BCUT2D eigenvalue weighted by molar-refractivity contribution is 14.1. The molecular formula is C7H4IO. The summed E-state index contributed by atoms with van der Waals surface area (Å²) in [7, 11) is 0. The fraction of sp³-hybridized carbons (Fsp3) is 0. The average molecular weight is 231 g/mol. The van der Waals surface area contributed by atoms with Crippen LogP contribution in [0.3, 0.4) is 0 Å². The summed E-state index contributed by atoms with van der Waals surface area (Å²) in [5.41, 5.74) is 0.613. The van der Waals surface area contributed by atoms with E-state index in [0.717, 1.165) is 3.57 Å². The molecular weight excluding hydrogens is 227 g/mol. The topological polar surface area (TPSA) is 17.1 Å². The molecule has 0 atom stereocenters. The van der Waals surface area contributed by atoms with Crippen LogP contribution < -0.4 is 0 Å². The maximum absolute atomic E-state index is 10.0. The first-order chi connectivity index (χ1) is 4.33. The number of hydrogen-bond acceptors (Lipinski definition) is 1. The van der Waals surface area contributed by atoms with Crippen molar-refractivity contribution < 1.29 is 4.79 Å². The lowest BCUT2D eigenvalue weighted by Gasteiger charge is -1.87. The van der Waals surface area contributed by atoms with E-state index in [9.17, 15) is 4.79 Å². The van der Waals surface area contributed by atoms with Gasteiger partial charge in [0.1, 0.15) is 0 Å². The van der Waals surface area contributed by atoms with E-state index in [1.165, 1.54) is 0 Å². The molecule has 0 spiro atoms. The van der Waals surface area contributed by atoms with Crippen molar-refractivity contribution in [1.82, 2.24) is 0 Å². The summed E-state index contributed by atoms with van der Waals surface area (Å²) in [4.78, 5) is 10.0. The van der Waals surface area contributed by atoms with Gasteiger partial charge in [0, 0.05) is 9.13 Å². The monoisotopic (exact) mass is 231 g/mol. The summed E-state index contributed by atoms with van der Waals surface area (Å²) in [5, 5.41) is 0. The van der Waals surface area contributed by atoms with Crippen molar-refractivity contribution in [1.29, 1.82) is 0 Å². The third-order valence-corrected chi connectivity index (χ3v) is 1.61. The highest BCUT2D eigenvalue weighted by atomic mass is 127. The Hall–Kier alpha value is -0.380. The van der Waals surface area contributed by atoms with Crippen molar-refractivity contribution in [2.45, 2.75) is 0 Å². The Balaban J connectivity index is 3.07. The molecule has 0 bridgehead atoms. The fourth-order valence-corrected chi connectivity index (χ4v) is 1.10. The summed E-state index contributed by atoms with van der Waals surface area (Å²) >= 11 is 2.15. The largest absolute Gasteiger partial charge is 0.285 e. The van der Waals surface area contributed by atoms with Gasteiger partial charge in [-0.15, -0.1) is 0 Å². The van der Waals surface area contributed by atoms with Crippen LogP contribution in [-0.4, -0.2) is 6.29 Å². The van der Waals surface area contributed by atoms with Gasteiger partial charge in [0.15, 0.2) is 0 Å². The standard InChI is InChI=1S/C7H4IO/c8-7-3-1-2-6(4-7)5-9/h1-4H. The molecule has 0 aliphatic rings. The van der Waals surface area contributed by atoms with Gasteiger partial charge in [-0.05, 0) is 34.7 Å². The molecule has 1 radical (unpaired) electrons. The molecule has 0 heterocycles. The van der Waals surface area contributed by atoms with Crippen LogP contribution in [0.5, 0.6) is 0 Å². The van der Waals surface area contributed by atoms with E-state index in [1.807, 2.05) is 18.4 Å². The molecule has 45 valence electrons. The Morgan fingerprint density at radius 3 is 2.67 bits per heavy atom. The molecule has 0 aromatic heterocycles. The third kappa shape index (κ3) is 1.78. The van der Waals surface area contributed by atoms with Crippen LogP contribution in [0.4, 0.5) is 0 Å². The number of halogens is 1. The van der Waals surface area contributed by atoms with E-state index in [2.05, 4.69) is 22.6 Å². The quantitative estimate of drug-likeness (QED) is 0.673. The van der Waals surface area contributed by atoms with Gasteiger partial charge in [0.05, 0.1) is 0 Å². The van der Waals surface area contributed by atoms with Gasteiger partial charge in [-0.1, -0.05) is 12.1 Å². The molecule has 0 saturated heterocycles. The van der Waals surface area contributed by atoms with Crippen molar-refractivity contribution in [3.63, 3.8) is 0 Å². The van der Waals surface area contributed by atoms with Gasteiger partial charge >= 0.3 is 0 Å². The zero-order chi connectivity index (χ0) is 6.69. The van der Waals surface area contributed by atoms with E-state index < -0.39 is 0 Å². The second kappa shape index (κ2) is 2.96. The summed E-state index contributed by atoms with van der Waals surface area (Å²) in [5.74, 6) is 0. The van der Waals surface area contributed by atoms with Crippen LogP contribution >= 0.6 is 22.6 Å². The summed E-state index contributed by atoms with van der Waals surface area (Å²) in [6.45, 7) is 0. The fourth-order valence-electron chi connectivity index (χ4n) is 0.552. The third-order valence-electron chi connectivity index (χ3n) is 0.942. The Bertz CT molecular complexity index is 220. The van der Waals surface area contributed by atoms with Crippen LogP contribution in [-0.2, 0) is 4.79 Å². The molecule has 0 N–H and O–H groups in total. The summed E-state index contributed by atoms with van der Waals surface area (Å²) < 4.78 is 1.06. The summed E-state index contributed by atoms with van der Waals surface area (Å²) in [6.07, 6.45) is 1.81. The van der Waals surface area contributed by atoms with Crippen LogP contribution in [0, 0.1) is 3.57 Å². The normalized spacial score (nSPS) is 9.00. The molecule has 0 fully saturated rings. The van der Waals surface area contributed by atoms with E-state index in [4.69, 9.17) is 0 Å². The second-order valence-corrected chi connectivity index (χ2v) is 2.86. The molecule has 0 saturated carbocycles. The minimum absolute atomic E-state index is 0.613. The smallest absolute Gasteiger partial charge is 0.233 e. The second-order valence-electron chi connectivity index (χ2n) is 1.61. The Morgan fingerprint density at radius 1 is 1.44 bits per heavy atom. The molecule has 0 aliphatic carbocycles. The van der Waals surface area contributed by atoms with Crippen molar-refractivity contribution in [3.8, 4) is 0 Å². The first-order valence-electron chi connectivity index (χ1n) is 2.46. The Morgan fingerprint density at radius 2 is 2.22 bits per heavy atom. The highest BCUT2D eigenvalue weighted by Gasteiger charge is 1.88. The molecule has 2 heteroatoms. The first-order valence-corrected chi connectivity index (χ1v) is 3.54. The lowest BCUT2D eigenvalue weighted by atomic mass is 10.2. The maximum atomic E-state index is 10.0. The lowest BCUT2D eigenvalue weighted by Crippen LogP contribution is -1.78. The lowest BCUT2D eigenvalue weighted by molar-refractivity contribution is 0.562. The van der Waals surface area contributed by atoms with Gasteiger partial charge in [0.2, 0.25) is 6.29 Å². The molecule has 1 aromatic rings. The average Bonchev–Trinajstić information content (AvgIpc) is 1.88. The van der Waals surface area contributed by atoms with Crippen molar-refractivity contribution in [2.75, 3.05) is 0 Å². The highest BCUT2D eigenvalue weighted by Crippen LogP contribution is 2.04. The predicted molar refractivity (Wildman–Crippen MR) is 44.0 cm³/mol. The SMILES string of the molecule is O=[C]c1cccc(I)c1. The van der Waals surface area contributed by atoms with Gasteiger partial charge in [-0.3, -0.25) is 4.79 Å². The van der Waals surface area contributed by atoms with Crippen LogP contribution in [0.15, 0.2) is 24.3 Å². The van der Waals surface area contributed by atoms with Gasteiger partial charge in [-0.2, -0.15) is 0 Å². The maximum Gasteiger partial charge on any atom is 0.233 e. The summed E-state index contributed by atoms with van der Waals surface area (Å²) in [6, 6.07) is 7.28. The number of carbonyl (C=O) groups excluding carboxylic acids is 1. The van der Waals surface area contributed by atoms with Crippen molar-refractivity contribution >= 4 is 28.9 Å². The Kier molecular flexibility index (Phi) is 2.22. The van der Waals surface area contributed by atoms with E-state index in [0.29, 0.717) is 5.56 Å². The zero-order valence-electron chi connectivity index (χ0n) is 4.60. The molecule has 9 heavy (non-hydrogen) atoms. The van der Waals surface area contributed by atoms with Crippen molar-refractivity contribution in [3.05, 3.63) is 33.4 Å². The van der Waals surface area contributed by atoms with Gasteiger partial charge in [0.25, 0.3) is 0 Å². The number of benzene rings is 1. The molecule has 1 nitrogen and oxygen atoms in total. The van der Waals surface area contributed by atoms with E-state index >= 15 is 0 Å². The molecule has 1 rings (SSSR count). The van der Waals surface area contributed by atoms with Gasteiger partial charge < -0.3 is 0 Å². The van der Waals surface area contributed by atoms with E-state index in [1.54, 1.807) is 12.1 Å². The van der Waals surface area contributed by atoms with Crippen LogP contribution in [0.1, 0.15) is 5.56 Å². The molecule has 0 unspecified atom stereocenters. The first kappa shape index (κ1) is 6.74. The molecule has 0 amide bonds. The van der Waals surface area contributed by atoms with Gasteiger partial charge in [-0.25, -0.2) is 0 Å². The predicted octanol–water partition coefficient (Wildman–Crippen LogP) is 1.75. The molecule has 0 aliphatic heterocycles. The van der Waals surface area contributed by atoms with Crippen molar-refractivity contribution in [2.24, 2.45) is 0 Å².